The molecule has 1 aliphatic carbocycles. The Labute approximate surface area is 74.2 Å². The molecular formula is C11H16O. The number of carbonyl (C=O) groups excluding carboxylic acids is 1. The maximum atomic E-state index is 11.3. The van der Waals surface area contributed by atoms with E-state index < -0.39 is 0 Å². The number of ketones is 1. The van der Waals surface area contributed by atoms with Gasteiger partial charge in [0.05, 0.1) is 5.41 Å². The third-order valence-corrected chi connectivity index (χ3v) is 2.63. The minimum atomic E-state index is -0.0960. The van der Waals surface area contributed by atoms with Crippen LogP contribution in [0.1, 0.15) is 33.6 Å². The molecule has 0 radical (unpaired) electrons. The van der Waals surface area contributed by atoms with Gasteiger partial charge in [0.25, 0.3) is 0 Å². The molecule has 0 unspecified atom stereocenters. The summed E-state index contributed by atoms with van der Waals surface area (Å²) < 4.78 is 0. The second-order valence-corrected chi connectivity index (χ2v) is 3.38. The number of Topliss-reactive ketones (excluding diaryl/α,β-unsaturated/α-hetero) is 1. The molecule has 1 aliphatic rings. The summed E-state index contributed by atoms with van der Waals surface area (Å²) in [6, 6.07) is 0. The van der Waals surface area contributed by atoms with Gasteiger partial charge in [-0.15, -0.1) is 0 Å². The van der Waals surface area contributed by atoms with Crippen molar-refractivity contribution in [3.05, 3.63) is 23.8 Å². The highest BCUT2D eigenvalue weighted by Gasteiger charge is 2.48. The van der Waals surface area contributed by atoms with Crippen LogP contribution in [0.25, 0.3) is 0 Å². The van der Waals surface area contributed by atoms with Crippen LogP contribution < -0.4 is 0 Å². The van der Waals surface area contributed by atoms with Crippen LogP contribution in [-0.2, 0) is 4.79 Å². The summed E-state index contributed by atoms with van der Waals surface area (Å²) in [7, 11) is 0. The van der Waals surface area contributed by atoms with Crippen molar-refractivity contribution in [2.75, 3.05) is 0 Å². The van der Waals surface area contributed by atoms with E-state index in [0.29, 0.717) is 5.78 Å². The largest absolute Gasteiger partial charge is 0.299 e. The van der Waals surface area contributed by atoms with Gasteiger partial charge in [-0.25, -0.2) is 0 Å². The molecule has 1 nitrogen and oxygen atoms in total. The van der Waals surface area contributed by atoms with Crippen molar-refractivity contribution in [1.82, 2.24) is 0 Å². The molecule has 0 bridgehead atoms. The molecule has 0 aromatic carbocycles. The fourth-order valence-corrected chi connectivity index (χ4v) is 1.68. The lowest BCUT2D eigenvalue weighted by atomic mass is 9.91. The second kappa shape index (κ2) is 3.26. The van der Waals surface area contributed by atoms with E-state index in [1.165, 1.54) is 5.57 Å². The lowest BCUT2D eigenvalue weighted by Crippen LogP contribution is -2.13. The monoisotopic (exact) mass is 164 g/mol. The average molecular weight is 164 g/mol. The zero-order valence-electron chi connectivity index (χ0n) is 8.05. The van der Waals surface area contributed by atoms with Crippen molar-refractivity contribution in [3.63, 3.8) is 0 Å². The Morgan fingerprint density at radius 3 is 2.17 bits per heavy atom. The Hall–Kier alpha value is -0.850. The number of hydrogen-bond donors (Lipinski definition) is 0. The first-order chi connectivity index (χ1) is 5.67. The first-order valence-electron chi connectivity index (χ1n) is 4.48. The van der Waals surface area contributed by atoms with Crippen LogP contribution >= 0.6 is 0 Å². The Morgan fingerprint density at radius 1 is 1.33 bits per heavy atom. The molecular weight excluding hydrogens is 148 g/mol. The van der Waals surface area contributed by atoms with Gasteiger partial charge in [0.15, 0.2) is 0 Å². The summed E-state index contributed by atoms with van der Waals surface area (Å²) >= 11 is 0. The van der Waals surface area contributed by atoms with Crippen LogP contribution in [0.15, 0.2) is 23.8 Å². The minimum absolute atomic E-state index is 0.0960. The lowest BCUT2D eigenvalue weighted by molar-refractivity contribution is -0.120. The van der Waals surface area contributed by atoms with Crippen LogP contribution in [0.4, 0.5) is 0 Å². The summed E-state index contributed by atoms with van der Waals surface area (Å²) in [5.41, 5.74) is 1.10. The van der Waals surface area contributed by atoms with Gasteiger partial charge >= 0.3 is 0 Å². The van der Waals surface area contributed by atoms with Gasteiger partial charge in [-0.05, 0) is 39.2 Å². The van der Waals surface area contributed by atoms with E-state index in [1.54, 1.807) is 6.92 Å². The maximum Gasteiger partial charge on any atom is 0.140 e. The van der Waals surface area contributed by atoms with Crippen molar-refractivity contribution >= 4 is 5.78 Å². The number of rotatable bonds is 3. The molecule has 0 heterocycles. The Balaban J connectivity index is 2.87. The van der Waals surface area contributed by atoms with Gasteiger partial charge in [0.2, 0.25) is 0 Å². The van der Waals surface area contributed by atoms with E-state index in [-0.39, 0.29) is 5.41 Å². The summed E-state index contributed by atoms with van der Waals surface area (Å²) in [5.74, 6) is 0.314. The summed E-state index contributed by atoms with van der Waals surface area (Å²) in [6.45, 7) is 5.68. The molecule has 0 aromatic heterocycles. The quantitative estimate of drug-likeness (QED) is 0.586. The third kappa shape index (κ3) is 1.36. The first-order valence-corrected chi connectivity index (χ1v) is 4.48. The predicted molar refractivity (Wildman–Crippen MR) is 50.9 cm³/mol. The van der Waals surface area contributed by atoms with Gasteiger partial charge in [0.1, 0.15) is 5.78 Å². The molecule has 0 aromatic rings. The molecule has 0 atom stereocenters. The molecule has 0 spiro atoms. The smallest absolute Gasteiger partial charge is 0.140 e. The van der Waals surface area contributed by atoms with Crippen LogP contribution in [0, 0.1) is 5.41 Å². The molecule has 1 rings (SSSR count). The highest BCUT2D eigenvalue weighted by Crippen LogP contribution is 2.52. The van der Waals surface area contributed by atoms with Gasteiger partial charge in [-0.3, -0.25) is 4.79 Å². The molecule has 0 saturated heterocycles. The molecule has 0 aliphatic heterocycles. The summed E-state index contributed by atoms with van der Waals surface area (Å²) in [4.78, 5) is 11.3. The van der Waals surface area contributed by atoms with Crippen LogP contribution in [0.5, 0.6) is 0 Å². The van der Waals surface area contributed by atoms with Crippen molar-refractivity contribution < 1.29 is 4.79 Å². The molecule has 1 fully saturated rings. The molecule has 66 valence electrons. The normalized spacial score (nSPS) is 21.4. The van der Waals surface area contributed by atoms with E-state index in [9.17, 15) is 4.79 Å². The van der Waals surface area contributed by atoms with Crippen molar-refractivity contribution in [3.8, 4) is 0 Å². The van der Waals surface area contributed by atoms with Gasteiger partial charge in [-0.1, -0.05) is 18.2 Å². The van der Waals surface area contributed by atoms with Gasteiger partial charge < -0.3 is 0 Å². The number of hydrogen-bond acceptors (Lipinski definition) is 1. The predicted octanol–water partition coefficient (Wildman–Crippen LogP) is 2.88. The van der Waals surface area contributed by atoms with E-state index in [1.807, 2.05) is 19.9 Å². The highest BCUT2D eigenvalue weighted by molar-refractivity contribution is 5.89. The molecule has 0 N–H and O–H groups in total. The maximum absolute atomic E-state index is 11.3. The lowest BCUT2D eigenvalue weighted by Gasteiger charge is -2.11. The zero-order valence-corrected chi connectivity index (χ0v) is 8.05. The Kier molecular flexibility index (Phi) is 2.51. The van der Waals surface area contributed by atoms with E-state index in [4.69, 9.17) is 0 Å². The van der Waals surface area contributed by atoms with E-state index in [0.717, 1.165) is 12.8 Å². The topological polar surface area (TPSA) is 17.1 Å². The fraction of sp³-hybridized carbons (Fsp3) is 0.545. The Bertz CT molecular complexity index is 242. The van der Waals surface area contributed by atoms with Crippen LogP contribution in [0.3, 0.4) is 0 Å². The van der Waals surface area contributed by atoms with Crippen LogP contribution in [0.2, 0.25) is 0 Å². The molecule has 12 heavy (non-hydrogen) atoms. The number of carbonyl (C=O) groups is 1. The zero-order chi connectivity index (χ0) is 9.19. The van der Waals surface area contributed by atoms with Crippen molar-refractivity contribution in [2.45, 2.75) is 33.6 Å². The standard InChI is InChI=1S/C11H16O/c1-4-6-10(5-2)11(7-8-11)9(3)12/h4-6H,7-8H2,1-3H3/b6-4-,10-5+. The third-order valence-electron chi connectivity index (χ3n) is 2.63. The van der Waals surface area contributed by atoms with Crippen LogP contribution in [-0.4, -0.2) is 5.78 Å². The Morgan fingerprint density at radius 2 is 1.92 bits per heavy atom. The minimum Gasteiger partial charge on any atom is -0.299 e. The molecule has 0 amide bonds. The summed E-state index contributed by atoms with van der Waals surface area (Å²) in [5, 5.41) is 0. The SMILES string of the molecule is C/C=C\C(=C/C)C1(C(C)=O)CC1. The number of allylic oxidation sites excluding steroid dienone is 4. The van der Waals surface area contributed by atoms with Crippen molar-refractivity contribution in [1.29, 1.82) is 0 Å². The molecule has 1 saturated carbocycles. The highest BCUT2D eigenvalue weighted by atomic mass is 16.1. The van der Waals surface area contributed by atoms with Gasteiger partial charge in [-0.2, -0.15) is 0 Å². The molecule has 1 heteroatoms. The van der Waals surface area contributed by atoms with E-state index >= 15 is 0 Å². The van der Waals surface area contributed by atoms with Crippen molar-refractivity contribution in [2.24, 2.45) is 5.41 Å². The van der Waals surface area contributed by atoms with E-state index in [2.05, 4.69) is 12.2 Å². The fourth-order valence-electron chi connectivity index (χ4n) is 1.68. The average Bonchev–Trinajstić information content (AvgIpc) is 2.80. The van der Waals surface area contributed by atoms with Gasteiger partial charge in [0, 0.05) is 0 Å². The second-order valence-electron chi connectivity index (χ2n) is 3.38. The first kappa shape index (κ1) is 9.24. The summed E-state index contributed by atoms with van der Waals surface area (Å²) in [6.07, 6.45) is 8.17.